The largest absolute Gasteiger partial charge is 0.371 e. The SMILES string of the molecule is C=C(/C=N\C(=C)NCC)Nc1ccccc1. The predicted octanol–water partition coefficient (Wildman–Crippen LogP) is 2.76. The van der Waals surface area contributed by atoms with E-state index in [1.54, 1.807) is 6.21 Å². The first-order valence-electron chi connectivity index (χ1n) is 5.20. The Bertz CT molecular complexity index is 379. The zero-order valence-electron chi connectivity index (χ0n) is 9.53. The lowest BCUT2D eigenvalue weighted by Gasteiger charge is -2.05. The van der Waals surface area contributed by atoms with Gasteiger partial charge in [-0.3, -0.25) is 0 Å². The first kappa shape index (κ1) is 12.0. The van der Waals surface area contributed by atoms with Crippen LogP contribution in [-0.2, 0) is 0 Å². The van der Waals surface area contributed by atoms with Gasteiger partial charge in [0.1, 0.15) is 5.82 Å². The molecule has 0 amide bonds. The smallest absolute Gasteiger partial charge is 0.118 e. The van der Waals surface area contributed by atoms with Crippen LogP contribution in [0.1, 0.15) is 6.92 Å². The molecular weight excluding hydrogens is 198 g/mol. The van der Waals surface area contributed by atoms with Crippen LogP contribution in [0.25, 0.3) is 0 Å². The minimum absolute atomic E-state index is 0.638. The second kappa shape index (κ2) is 6.45. The molecule has 16 heavy (non-hydrogen) atoms. The fourth-order valence-corrected chi connectivity index (χ4v) is 1.14. The van der Waals surface area contributed by atoms with E-state index in [4.69, 9.17) is 0 Å². The van der Waals surface area contributed by atoms with Gasteiger partial charge in [0.25, 0.3) is 0 Å². The van der Waals surface area contributed by atoms with Crippen LogP contribution in [0.5, 0.6) is 0 Å². The second-order valence-corrected chi connectivity index (χ2v) is 3.25. The number of rotatable bonds is 6. The van der Waals surface area contributed by atoms with E-state index in [1.807, 2.05) is 37.3 Å². The molecule has 1 aromatic rings. The zero-order valence-corrected chi connectivity index (χ0v) is 9.53. The number of hydrogen-bond acceptors (Lipinski definition) is 3. The maximum atomic E-state index is 4.12. The van der Waals surface area contributed by atoms with Crippen LogP contribution in [0.15, 0.2) is 60.0 Å². The Morgan fingerprint density at radius 3 is 2.62 bits per heavy atom. The summed E-state index contributed by atoms with van der Waals surface area (Å²) in [7, 11) is 0. The number of para-hydroxylation sites is 1. The van der Waals surface area contributed by atoms with E-state index in [0.29, 0.717) is 5.82 Å². The van der Waals surface area contributed by atoms with E-state index >= 15 is 0 Å². The molecule has 0 aliphatic carbocycles. The van der Waals surface area contributed by atoms with Crippen molar-refractivity contribution in [2.45, 2.75) is 6.92 Å². The number of hydrogen-bond donors (Lipinski definition) is 2. The number of nitrogens with one attached hydrogen (secondary N) is 2. The molecule has 0 fully saturated rings. The molecule has 0 saturated carbocycles. The molecule has 0 unspecified atom stereocenters. The summed E-state index contributed by atoms with van der Waals surface area (Å²) in [5, 5.41) is 6.13. The summed E-state index contributed by atoms with van der Waals surface area (Å²) < 4.78 is 0. The molecule has 0 radical (unpaired) electrons. The van der Waals surface area contributed by atoms with Crippen molar-refractivity contribution >= 4 is 11.9 Å². The quantitative estimate of drug-likeness (QED) is 0.716. The monoisotopic (exact) mass is 215 g/mol. The molecule has 0 aromatic heterocycles. The molecular formula is C13H17N3. The van der Waals surface area contributed by atoms with Gasteiger partial charge < -0.3 is 10.6 Å². The molecule has 1 aromatic carbocycles. The lowest BCUT2D eigenvalue weighted by Crippen LogP contribution is -2.09. The van der Waals surface area contributed by atoms with Gasteiger partial charge in [-0.1, -0.05) is 31.4 Å². The van der Waals surface area contributed by atoms with Crippen molar-refractivity contribution in [1.82, 2.24) is 5.32 Å². The van der Waals surface area contributed by atoms with Gasteiger partial charge in [-0.15, -0.1) is 0 Å². The summed E-state index contributed by atoms with van der Waals surface area (Å²) >= 11 is 0. The van der Waals surface area contributed by atoms with Crippen LogP contribution in [-0.4, -0.2) is 12.8 Å². The van der Waals surface area contributed by atoms with Gasteiger partial charge in [0, 0.05) is 17.9 Å². The van der Waals surface area contributed by atoms with E-state index in [1.165, 1.54) is 0 Å². The fourth-order valence-electron chi connectivity index (χ4n) is 1.14. The second-order valence-electron chi connectivity index (χ2n) is 3.25. The van der Waals surface area contributed by atoms with Crippen molar-refractivity contribution in [3.05, 3.63) is 55.0 Å². The van der Waals surface area contributed by atoms with Crippen LogP contribution < -0.4 is 10.6 Å². The maximum absolute atomic E-state index is 4.12. The lowest BCUT2D eigenvalue weighted by atomic mass is 10.3. The molecule has 0 heterocycles. The average Bonchev–Trinajstić information content (AvgIpc) is 2.28. The molecule has 2 N–H and O–H groups in total. The van der Waals surface area contributed by atoms with Gasteiger partial charge >= 0.3 is 0 Å². The molecule has 0 spiro atoms. The van der Waals surface area contributed by atoms with Crippen LogP contribution in [0.2, 0.25) is 0 Å². The van der Waals surface area contributed by atoms with Crippen molar-refractivity contribution < 1.29 is 0 Å². The van der Waals surface area contributed by atoms with Gasteiger partial charge in [0.15, 0.2) is 0 Å². The van der Waals surface area contributed by atoms with E-state index < -0.39 is 0 Å². The molecule has 1 rings (SSSR count). The number of allylic oxidation sites excluding steroid dienone is 1. The fraction of sp³-hybridized carbons (Fsp3) is 0.154. The number of nitrogens with zero attached hydrogens (tertiary/aromatic N) is 1. The van der Waals surface area contributed by atoms with E-state index in [9.17, 15) is 0 Å². The lowest BCUT2D eigenvalue weighted by molar-refractivity contribution is 0.847. The van der Waals surface area contributed by atoms with Crippen LogP contribution in [0.4, 0.5) is 5.69 Å². The Balaban J connectivity index is 2.45. The highest BCUT2D eigenvalue weighted by atomic mass is 15.0. The van der Waals surface area contributed by atoms with Crippen molar-refractivity contribution in [2.24, 2.45) is 4.99 Å². The summed E-state index contributed by atoms with van der Waals surface area (Å²) in [6, 6.07) is 9.83. The molecule has 3 heteroatoms. The minimum Gasteiger partial charge on any atom is -0.371 e. The van der Waals surface area contributed by atoms with E-state index in [2.05, 4.69) is 28.8 Å². The molecule has 0 saturated heterocycles. The Morgan fingerprint density at radius 2 is 2.00 bits per heavy atom. The Hall–Kier alpha value is -2.03. The molecule has 3 nitrogen and oxygen atoms in total. The number of anilines is 1. The average molecular weight is 215 g/mol. The number of benzene rings is 1. The minimum atomic E-state index is 0.638. The summed E-state index contributed by atoms with van der Waals surface area (Å²) in [6.07, 6.45) is 1.65. The molecule has 84 valence electrons. The number of aliphatic imine (C=N–C) groups is 1. The Labute approximate surface area is 96.6 Å². The molecule has 0 atom stereocenters. The van der Waals surface area contributed by atoms with Crippen molar-refractivity contribution in [3.8, 4) is 0 Å². The van der Waals surface area contributed by atoms with Crippen LogP contribution in [0.3, 0.4) is 0 Å². The molecule has 0 bridgehead atoms. The van der Waals surface area contributed by atoms with Gasteiger partial charge in [0.2, 0.25) is 0 Å². The highest BCUT2D eigenvalue weighted by molar-refractivity contribution is 5.82. The third-order valence-electron chi connectivity index (χ3n) is 1.84. The highest BCUT2D eigenvalue weighted by Gasteiger charge is 1.91. The summed E-state index contributed by atoms with van der Waals surface area (Å²) in [5.74, 6) is 0.638. The Morgan fingerprint density at radius 1 is 1.31 bits per heavy atom. The molecule has 0 aliphatic rings. The van der Waals surface area contributed by atoms with Gasteiger partial charge in [-0.2, -0.15) is 0 Å². The normalized spacial score (nSPS) is 10.1. The predicted molar refractivity (Wildman–Crippen MR) is 70.5 cm³/mol. The first-order valence-corrected chi connectivity index (χ1v) is 5.20. The van der Waals surface area contributed by atoms with Gasteiger partial charge in [-0.05, 0) is 19.1 Å². The third kappa shape index (κ3) is 4.46. The van der Waals surface area contributed by atoms with Crippen molar-refractivity contribution in [2.75, 3.05) is 11.9 Å². The van der Waals surface area contributed by atoms with Gasteiger partial charge in [-0.25, -0.2) is 4.99 Å². The van der Waals surface area contributed by atoms with Crippen LogP contribution >= 0.6 is 0 Å². The third-order valence-corrected chi connectivity index (χ3v) is 1.84. The standard InChI is InChI=1S/C13H17N3/c1-4-14-12(3)15-10-11(2)16-13-8-6-5-7-9-13/h5-10,14,16H,2-4H2,1H3/b15-10-. The highest BCUT2D eigenvalue weighted by Crippen LogP contribution is 2.06. The summed E-state index contributed by atoms with van der Waals surface area (Å²) in [6.45, 7) is 10.4. The maximum Gasteiger partial charge on any atom is 0.118 e. The van der Waals surface area contributed by atoms with E-state index in [-0.39, 0.29) is 0 Å². The van der Waals surface area contributed by atoms with Gasteiger partial charge in [0.05, 0.1) is 6.21 Å². The first-order chi connectivity index (χ1) is 7.72. The Kier molecular flexibility index (Phi) is 4.86. The summed E-state index contributed by atoms with van der Waals surface area (Å²) in [5.41, 5.74) is 1.72. The summed E-state index contributed by atoms with van der Waals surface area (Å²) in [4.78, 5) is 4.12. The zero-order chi connectivity index (χ0) is 11.8. The van der Waals surface area contributed by atoms with Crippen LogP contribution in [0, 0.1) is 0 Å². The molecule has 0 aliphatic heterocycles. The van der Waals surface area contributed by atoms with Crippen molar-refractivity contribution in [3.63, 3.8) is 0 Å². The topological polar surface area (TPSA) is 36.4 Å². The van der Waals surface area contributed by atoms with Crippen molar-refractivity contribution in [1.29, 1.82) is 0 Å². The van der Waals surface area contributed by atoms with E-state index in [0.717, 1.165) is 17.9 Å².